The third-order valence-electron chi connectivity index (χ3n) is 5.24. The molecule has 0 aliphatic heterocycles. The molecule has 144 valence electrons. The quantitative estimate of drug-likeness (QED) is 0.525. The van der Waals surface area contributed by atoms with Gasteiger partial charge in [-0.3, -0.25) is 19.4 Å². The predicted octanol–water partition coefficient (Wildman–Crippen LogP) is 2.91. The summed E-state index contributed by atoms with van der Waals surface area (Å²) >= 11 is 0. The van der Waals surface area contributed by atoms with Crippen LogP contribution in [0.25, 0.3) is 10.9 Å². The second-order valence-electron chi connectivity index (χ2n) is 7.16. The number of amides is 1. The summed E-state index contributed by atoms with van der Waals surface area (Å²) in [5.41, 5.74) is 1.59. The van der Waals surface area contributed by atoms with Crippen molar-refractivity contribution in [3.05, 3.63) is 70.8 Å². The summed E-state index contributed by atoms with van der Waals surface area (Å²) < 4.78 is 7.88. The second-order valence-corrected chi connectivity index (χ2v) is 7.16. The highest BCUT2D eigenvalue weighted by molar-refractivity contribution is 5.97. The van der Waals surface area contributed by atoms with Gasteiger partial charge >= 0.3 is 0 Å². The molecule has 0 bridgehead atoms. The van der Waals surface area contributed by atoms with Gasteiger partial charge in [-0.25, -0.2) is 10.5 Å². The fourth-order valence-corrected chi connectivity index (χ4v) is 3.84. The minimum atomic E-state index is -0.670. The molecular formula is C21H21N3O4. The van der Waals surface area contributed by atoms with Crippen molar-refractivity contribution in [1.82, 2.24) is 15.0 Å². The Kier molecular flexibility index (Phi) is 4.83. The van der Waals surface area contributed by atoms with E-state index in [1.54, 1.807) is 16.1 Å². The van der Waals surface area contributed by atoms with Crippen LogP contribution in [0.15, 0.2) is 59.7 Å². The van der Waals surface area contributed by atoms with E-state index < -0.39 is 11.5 Å². The maximum Gasteiger partial charge on any atom is 0.274 e. The van der Waals surface area contributed by atoms with Crippen molar-refractivity contribution in [2.75, 3.05) is 0 Å². The summed E-state index contributed by atoms with van der Waals surface area (Å²) in [4.78, 5) is 29.1. The van der Waals surface area contributed by atoms with Crippen LogP contribution < -0.4 is 15.8 Å². The van der Waals surface area contributed by atoms with Gasteiger partial charge in [-0.2, -0.15) is 0 Å². The van der Waals surface area contributed by atoms with Crippen molar-refractivity contribution in [3.63, 3.8) is 0 Å². The standard InChI is InChI=1S/C21H21N3O4/c25-19(23-27)15-8-9-18-17(12-15)20(26)24(14-22-18)13-21(10-4-5-11-21)28-16-6-2-1-3-7-16/h1-3,6-9,12,14,27H,4-5,10-11,13H2,(H,23,25). The lowest BCUT2D eigenvalue weighted by Crippen LogP contribution is -2.41. The zero-order valence-corrected chi connectivity index (χ0v) is 15.3. The molecule has 7 heteroatoms. The van der Waals surface area contributed by atoms with Crippen LogP contribution in [0, 0.1) is 0 Å². The van der Waals surface area contributed by atoms with Crippen molar-refractivity contribution in [3.8, 4) is 5.75 Å². The fraction of sp³-hybridized carbons (Fsp3) is 0.286. The molecule has 1 amide bonds. The molecule has 3 aromatic rings. The Morgan fingerprint density at radius 2 is 1.93 bits per heavy atom. The van der Waals surface area contributed by atoms with E-state index in [2.05, 4.69) is 4.98 Å². The minimum Gasteiger partial charge on any atom is -0.485 e. The van der Waals surface area contributed by atoms with Crippen molar-refractivity contribution in [2.45, 2.75) is 37.8 Å². The fourth-order valence-electron chi connectivity index (χ4n) is 3.84. The average molecular weight is 379 g/mol. The smallest absolute Gasteiger partial charge is 0.274 e. The van der Waals surface area contributed by atoms with Gasteiger partial charge in [0.1, 0.15) is 11.4 Å². The first-order valence-corrected chi connectivity index (χ1v) is 9.28. The molecule has 2 aromatic carbocycles. The van der Waals surface area contributed by atoms with Crippen LogP contribution in [0.2, 0.25) is 0 Å². The predicted molar refractivity (Wildman–Crippen MR) is 104 cm³/mol. The highest BCUT2D eigenvalue weighted by atomic mass is 16.5. The SMILES string of the molecule is O=C(NO)c1ccc2ncn(CC3(Oc4ccccc4)CCCC3)c(=O)c2c1. The number of carbonyl (C=O) groups excluding carboxylic acids is 1. The molecule has 1 fully saturated rings. The summed E-state index contributed by atoms with van der Waals surface area (Å²) in [6, 6.07) is 14.2. The third-order valence-corrected chi connectivity index (χ3v) is 5.24. The Balaban J connectivity index is 1.70. The highest BCUT2D eigenvalue weighted by Crippen LogP contribution is 2.35. The molecule has 4 rings (SSSR count). The molecule has 28 heavy (non-hydrogen) atoms. The van der Waals surface area contributed by atoms with E-state index in [0.29, 0.717) is 17.4 Å². The van der Waals surface area contributed by atoms with Crippen LogP contribution in [-0.2, 0) is 6.54 Å². The lowest BCUT2D eigenvalue weighted by atomic mass is 10.0. The second kappa shape index (κ2) is 7.44. The lowest BCUT2D eigenvalue weighted by Gasteiger charge is -2.31. The number of ether oxygens (including phenoxy) is 1. The Morgan fingerprint density at radius 3 is 2.64 bits per heavy atom. The van der Waals surface area contributed by atoms with E-state index in [-0.39, 0.29) is 11.1 Å². The van der Waals surface area contributed by atoms with Crippen LogP contribution in [-0.4, -0.2) is 26.3 Å². The molecule has 1 aliphatic carbocycles. The number of nitrogens with one attached hydrogen (secondary N) is 1. The Bertz CT molecular complexity index is 1060. The van der Waals surface area contributed by atoms with Crippen LogP contribution in [0.3, 0.4) is 0 Å². The minimum absolute atomic E-state index is 0.197. The monoisotopic (exact) mass is 379 g/mol. The van der Waals surface area contributed by atoms with Gasteiger partial charge in [-0.15, -0.1) is 0 Å². The molecule has 7 nitrogen and oxygen atoms in total. The average Bonchev–Trinajstić information content (AvgIpc) is 3.18. The number of hydrogen-bond acceptors (Lipinski definition) is 5. The summed E-state index contributed by atoms with van der Waals surface area (Å²) in [6.45, 7) is 0.389. The largest absolute Gasteiger partial charge is 0.485 e. The Labute approximate surface area is 161 Å². The topological polar surface area (TPSA) is 93.5 Å². The van der Waals surface area contributed by atoms with Crippen molar-refractivity contribution in [2.24, 2.45) is 0 Å². The number of aromatic nitrogens is 2. The lowest BCUT2D eigenvalue weighted by molar-refractivity contribution is 0.0561. The van der Waals surface area contributed by atoms with E-state index >= 15 is 0 Å². The first kappa shape index (κ1) is 18.2. The van der Waals surface area contributed by atoms with Gasteiger partial charge in [0.15, 0.2) is 0 Å². The molecule has 1 aromatic heterocycles. The molecule has 0 unspecified atom stereocenters. The number of carbonyl (C=O) groups is 1. The maximum atomic E-state index is 13.0. The first-order chi connectivity index (χ1) is 13.6. The maximum absolute atomic E-state index is 13.0. The van der Waals surface area contributed by atoms with Gasteiger partial charge in [-0.1, -0.05) is 18.2 Å². The van der Waals surface area contributed by atoms with E-state index in [1.807, 2.05) is 30.3 Å². The summed E-state index contributed by atoms with van der Waals surface area (Å²) in [5, 5.41) is 9.16. The number of hydrogen-bond donors (Lipinski definition) is 2. The molecule has 2 N–H and O–H groups in total. The van der Waals surface area contributed by atoms with Gasteiger partial charge in [0.2, 0.25) is 0 Å². The van der Waals surface area contributed by atoms with E-state index in [0.717, 1.165) is 31.4 Å². The number of para-hydroxylation sites is 1. The van der Waals surface area contributed by atoms with Gasteiger partial charge in [0, 0.05) is 5.56 Å². The molecule has 0 radical (unpaired) electrons. The molecule has 1 aliphatic rings. The van der Waals surface area contributed by atoms with Crippen molar-refractivity contribution in [1.29, 1.82) is 0 Å². The zero-order chi connectivity index (χ0) is 19.6. The van der Waals surface area contributed by atoms with Crippen LogP contribution in [0.5, 0.6) is 5.75 Å². The van der Waals surface area contributed by atoms with E-state index in [9.17, 15) is 9.59 Å². The van der Waals surface area contributed by atoms with Gasteiger partial charge in [0.25, 0.3) is 11.5 Å². The summed E-state index contributed by atoms with van der Waals surface area (Å²) in [7, 11) is 0. The van der Waals surface area contributed by atoms with Gasteiger partial charge in [0.05, 0.1) is 23.8 Å². The zero-order valence-electron chi connectivity index (χ0n) is 15.3. The summed E-state index contributed by atoms with van der Waals surface area (Å²) in [6.07, 6.45) is 5.34. The molecule has 0 atom stereocenters. The Morgan fingerprint density at radius 1 is 1.18 bits per heavy atom. The normalized spacial score (nSPS) is 15.5. The number of rotatable bonds is 5. The van der Waals surface area contributed by atoms with E-state index in [4.69, 9.17) is 9.94 Å². The van der Waals surface area contributed by atoms with Crippen molar-refractivity contribution < 1.29 is 14.7 Å². The van der Waals surface area contributed by atoms with Gasteiger partial charge in [-0.05, 0) is 56.0 Å². The highest BCUT2D eigenvalue weighted by Gasteiger charge is 2.37. The molecule has 1 heterocycles. The van der Waals surface area contributed by atoms with Gasteiger partial charge < -0.3 is 4.74 Å². The molecule has 0 saturated heterocycles. The third kappa shape index (κ3) is 3.48. The number of hydroxylamine groups is 1. The van der Waals surface area contributed by atoms with Crippen molar-refractivity contribution >= 4 is 16.8 Å². The molecule has 1 saturated carbocycles. The number of benzene rings is 2. The first-order valence-electron chi connectivity index (χ1n) is 9.28. The van der Waals surface area contributed by atoms with E-state index in [1.165, 1.54) is 18.5 Å². The summed E-state index contributed by atoms with van der Waals surface area (Å²) in [5.74, 6) is 0.115. The Hall–Kier alpha value is -3.19. The molecular weight excluding hydrogens is 358 g/mol. The number of nitrogens with zero attached hydrogens (tertiary/aromatic N) is 2. The van der Waals surface area contributed by atoms with Crippen LogP contribution >= 0.6 is 0 Å². The van der Waals surface area contributed by atoms with Crippen LogP contribution in [0.4, 0.5) is 0 Å². The van der Waals surface area contributed by atoms with Crippen LogP contribution in [0.1, 0.15) is 36.0 Å². The number of fused-ring (bicyclic) bond motifs is 1. The molecule has 0 spiro atoms.